The molecule has 0 radical (unpaired) electrons. The average Bonchev–Trinajstić information content (AvgIpc) is 2.63. The molecule has 1 unspecified atom stereocenters. The van der Waals surface area contributed by atoms with Crippen LogP contribution in [-0.2, 0) is 9.84 Å². The highest BCUT2D eigenvalue weighted by molar-refractivity contribution is 7.91. The van der Waals surface area contributed by atoms with Crippen molar-refractivity contribution in [1.29, 1.82) is 0 Å². The summed E-state index contributed by atoms with van der Waals surface area (Å²) in [5, 5.41) is 11.1. The number of aromatic nitrogens is 1. The Bertz CT molecular complexity index is 558. The summed E-state index contributed by atoms with van der Waals surface area (Å²) >= 11 is 11.8. The molecular weight excluding hydrogens is 285 g/mol. The predicted molar refractivity (Wildman–Crippen MR) is 64.6 cm³/mol. The number of halogens is 2. The van der Waals surface area contributed by atoms with Crippen LogP contribution >= 0.6 is 23.2 Å². The predicted octanol–water partition coefficient (Wildman–Crippen LogP) is 1.68. The highest BCUT2D eigenvalue weighted by Gasteiger charge is 2.65. The van der Waals surface area contributed by atoms with Gasteiger partial charge in [0, 0.05) is 17.5 Å². The van der Waals surface area contributed by atoms with E-state index in [1.807, 2.05) is 0 Å². The minimum Gasteiger partial charge on any atom is -0.618 e. The summed E-state index contributed by atoms with van der Waals surface area (Å²) in [6, 6.07) is 4.25. The molecule has 1 saturated carbocycles. The van der Waals surface area contributed by atoms with Gasteiger partial charge in [-0.2, -0.15) is 4.73 Å². The van der Waals surface area contributed by atoms with Crippen LogP contribution in [-0.4, -0.2) is 18.5 Å². The van der Waals surface area contributed by atoms with Gasteiger partial charge < -0.3 is 5.21 Å². The van der Waals surface area contributed by atoms with Gasteiger partial charge in [0.2, 0.25) is 9.84 Å². The van der Waals surface area contributed by atoms with E-state index < -0.39 is 19.6 Å². The van der Waals surface area contributed by atoms with Crippen molar-refractivity contribution in [2.75, 3.05) is 5.75 Å². The average molecular weight is 296 g/mol. The fourth-order valence-corrected chi connectivity index (χ4v) is 4.59. The highest BCUT2D eigenvalue weighted by Crippen LogP contribution is 2.64. The van der Waals surface area contributed by atoms with E-state index in [0.717, 1.165) is 6.20 Å². The zero-order valence-electron chi connectivity index (χ0n) is 9.06. The van der Waals surface area contributed by atoms with Crippen molar-refractivity contribution in [3.63, 3.8) is 0 Å². The smallest absolute Gasteiger partial charge is 0.308 e. The summed E-state index contributed by atoms with van der Waals surface area (Å²) in [4.78, 5) is 0. The van der Waals surface area contributed by atoms with Crippen molar-refractivity contribution in [2.24, 2.45) is 5.41 Å². The standard InChI is InChI=1S/C10H11Cl2NO3S/c1-9(6-10(9,11)12)7-17(15,16)8-4-2-3-5-13(8)14/h2-5H,6-7H2,1H3. The molecule has 17 heavy (non-hydrogen) atoms. The summed E-state index contributed by atoms with van der Waals surface area (Å²) in [5.74, 6) is -0.223. The number of alkyl halides is 2. The molecule has 0 N–H and O–H groups in total. The zero-order chi connectivity index (χ0) is 12.9. The van der Waals surface area contributed by atoms with E-state index in [-0.39, 0.29) is 10.8 Å². The molecule has 1 aliphatic carbocycles. The maximum absolute atomic E-state index is 12.1. The molecule has 1 aromatic heterocycles. The largest absolute Gasteiger partial charge is 0.618 e. The third kappa shape index (κ3) is 2.23. The molecule has 1 atom stereocenters. The van der Waals surface area contributed by atoms with E-state index in [1.54, 1.807) is 6.92 Å². The number of rotatable bonds is 3. The van der Waals surface area contributed by atoms with Crippen LogP contribution in [0.4, 0.5) is 0 Å². The molecule has 0 bridgehead atoms. The van der Waals surface area contributed by atoms with Crippen molar-refractivity contribution in [3.8, 4) is 0 Å². The molecule has 2 rings (SSSR count). The van der Waals surface area contributed by atoms with Gasteiger partial charge in [-0.05, 0) is 12.5 Å². The third-order valence-corrected chi connectivity index (χ3v) is 6.14. The Labute approximate surface area is 110 Å². The van der Waals surface area contributed by atoms with Gasteiger partial charge in [0.15, 0.2) is 6.20 Å². The number of pyridine rings is 1. The van der Waals surface area contributed by atoms with Gasteiger partial charge in [0.05, 0.1) is 5.75 Å². The quantitative estimate of drug-likeness (QED) is 0.484. The summed E-state index contributed by atoms with van der Waals surface area (Å²) in [5.41, 5.74) is -0.683. The van der Waals surface area contributed by atoms with E-state index in [0.29, 0.717) is 11.2 Å². The maximum atomic E-state index is 12.1. The fraction of sp³-hybridized carbons (Fsp3) is 0.500. The van der Waals surface area contributed by atoms with Crippen molar-refractivity contribution < 1.29 is 13.1 Å². The van der Waals surface area contributed by atoms with Gasteiger partial charge >= 0.3 is 5.03 Å². The minimum atomic E-state index is -3.68. The molecule has 1 aromatic rings. The van der Waals surface area contributed by atoms with Crippen LogP contribution < -0.4 is 4.73 Å². The number of hydrogen-bond acceptors (Lipinski definition) is 3. The second-order valence-corrected chi connectivity index (χ2v) is 7.99. The summed E-state index contributed by atoms with van der Waals surface area (Å²) in [6.07, 6.45) is 1.56. The van der Waals surface area contributed by atoms with Crippen molar-refractivity contribution in [3.05, 3.63) is 29.6 Å². The monoisotopic (exact) mass is 295 g/mol. The van der Waals surface area contributed by atoms with Crippen LogP contribution in [0.15, 0.2) is 29.4 Å². The van der Waals surface area contributed by atoms with Gasteiger partial charge in [-0.3, -0.25) is 0 Å². The first-order valence-corrected chi connectivity index (χ1v) is 7.38. The lowest BCUT2D eigenvalue weighted by atomic mass is 10.2. The first-order valence-electron chi connectivity index (χ1n) is 4.97. The van der Waals surface area contributed by atoms with Crippen LogP contribution in [0.5, 0.6) is 0 Å². The molecule has 4 nitrogen and oxygen atoms in total. The molecule has 7 heteroatoms. The van der Waals surface area contributed by atoms with Gasteiger partial charge in [-0.1, -0.05) is 6.92 Å². The number of hydrogen-bond donors (Lipinski definition) is 0. The van der Waals surface area contributed by atoms with Gasteiger partial charge in [-0.15, -0.1) is 23.2 Å². The van der Waals surface area contributed by atoms with Crippen LogP contribution in [0, 0.1) is 10.6 Å². The van der Waals surface area contributed by atoms with Crippen LogP contribution in [0.1, 0.15) is 13.3 Å². The normalized spacial score (nSPS) is 26.8. The number of sulfone groups is 1. The first kappa shape index (κ1) is 12.9. The van der Waals surface area contributed by atoms with Crippen LogP contribution in [0.3, 0.4) is 0 Å². The zero-order valence-corrected chi connectivity index (χ0v) is 11.4. The Morgan fingerprint density at radius 2 is 2.06 bits per heavy atom. The van der Waals surface area contributed by atoms with Crippen molar-refractivity contribution >= 4 is 33.0 Å². The fourth-order valence-electron chi connectivity index (χ4n) is 1.75. The molecule has 0 amide bonds. The van der Waals surface area contributed by atoms with E-state index in [4.69, 9.17) is 23.2 Å². The van der Waals surface area contributed by atoms with E-state index in [1.165, 1.54) is 18.2 Å². The topological polar surface area (TPSA) is 61.1 Å². The summed E-state index contributed by atoms with van der Waals surface area (Å²) < 4.78 is 23.4. The highest BCUT2D eigenvalue weighted by atomic mass is 35.5. The van der Waals surface area contributed by atoms with E-state index >= 15 is 0 Å². The van der Waals surface area contributed by atoms with Gasteiger partial charge in [0.1, 0.15) is 4.33 Å². The molecule has 0 aliphatic heterocycles. The van der Waals surface area contributed by atoms with E-state index in [9.17, 15) is 13.6 Å². The van der Waals surface area contributed by atoms with Crippen LogP contribution in [0.25, 0.3) is 0 Å². The number of nitrogens with zero attached hydrogens (tertiary/aromatic N) is 1. The molecule has 1 heterocycles. The molecular formula is C10H11Cl2NO3S. The SMILES string of the molecule is CC1(CS(=O)(=O)c2cccc[n+]2[O-])CC1(Cl)Cl. The van der Waals surface area contributed by atoms with Crippen molar-refractivity contribution in [1.82, 2.24) is 0 Å². The third-order valence-electron chi connectivity index (χ3n) is 2.99. The second kappa shape index (κ2) is 3.73. The lowest BCUT2D eigenvalue weighted by molar-refractivity contribution is -0.646. The summed E-state index contributed by atoms with van der Waals surface area (Å²) in [7, 11) is -3.68. The Morgan fingerprint density at radius 3 is 2.53 bits per heavy atom. The lowest BCUT2D eigenvalue weighted by Gasteiger charge is -2.11. The molecule has 0 aromatic carbocycles. The Morgan fingerprint density at radius 1 is 1.47 bits per heavy atom. The summed E-state index contributed by atoms with van der Waals surface area (Å²) in [6.45, 7) is 1.70. The minimum absolute atomic E-state index is 0.223. The Balaban J connectivity index is 2.31. The van der Waals surface area contributed by atoms with Crippen LogP contribution in [0.2, 0.25) is 0 Å². The Hall–Kier alpha value is -0.520. The first-order chi connectivity index (χ1) is 7.68. The van der Waals surface area contributed by atoms with Crippen molar-refractivity contribution in [2.45, 2.75) is 22.7 Å². The lowest BCUT2D eigenvalue weighted by Crippen LogP contribution is -2.35. The molecule has 0 saturated heterocycles. The van der Waals surface area contributed by atoms with Gasteiger partial charge in [-0.25, -0.2) is 8.42 Å². The second-order valence-electron chi connectivity index (χ2n) is 4.57. The molecule has 1 aliphatic rings. The molecule has 0 spiro atoms. The Kier molecular flexibility index (Phi) is 2.84. The van der Waals surface area contributed by atoms with E-state index in [2.05, 4.69) is 0 Å². The molecule has 94 valence electrons. The maximum Gasteiger partial charge on any atom is 0.308 e. The molecule has 1 fully saturated rings. The van der Waals surface area contributed by atoms with Gasteiger partial charge in [0.25, 0.3) is 0 Å².